The van der Waals surface area contributed by atoms with Crippen LogP contribution in [0.3, 0.4) is 0 Å². The molecule has 0 aliphatic rings. The summed E-state index contributed by atoms with van der Waals surface area (Å²) in [6.45, 7) is 1.40. The van der Waals surface area contributed by atoms with E-state index >= 15 is 0 Å². The molecule has 1 aromatic carbocycles. The molecule has 0 bridgehead atoms. The minimum absolute atomic E-state index is 0.0718. The van der Waals surface area contributed by atoms with Gasteiger partial charge in [-0.2, -0.15) is 0 Å². The van der Waals surface area contributed by atoms with Crippen molar-refractivity contribution in [2.45, 2.75) is 12.8 Å². The number of hydrogen-bond acceptors (Lipinski definition) is 5. The lowest BCUT2D eigenvalue weighted by atomic mass is 9.97. The van der Waals surface area contributed by atoms with E-state index in [0.717, 1.165) is 12.1 Å². The number of nitrogens with zero attached hydrogens (tertiary/aromatic N) is 1. The number of ether oxygens (including phenoxy) is 1. The van der Waals surface area contributed by atoms with E-state index in [1.807, 2.05) is 0 Å². The van der Waals surface area contributed by atoms with E-state index in [9.17, 15) is 24.1 Å². The lowest BCUT2D eigenvalue weighted by molar-refractivity contribution is -0.385. The van der Waals surface area contributed by atoms with Crippen LogP contribution in [0, 0.1) is 15.9 Å². The molecule has 1 unspecified atom stereocenters. The molecule has 102 valence electrons. The Hall–Kier alpha value is -2.51. The number of halogens is 1. The highest BCUT2D eigenvalue weighted by Gasteiger charge is 2.35. The fourth-order valence-electron chi connectivity index (χ4n) is 1.51. The standard InChI is InChI=1S/C11H10FNO6/c1-2-19-11(16)9(10(14)15)7-4-3-6(12)5-8(7)13(17)18/h3-5,9H,2H2,1H3,(H,14,15). The van der Waals surface area contributed by atoms with Crippen molar-refractivity contribution < 1.29 is 28.7 Å². The van der Waals surface area contributed by atoms with Crippen LogP contribution in [0.25, 0.3) is 0 Å². The Morgan fingerprint density at radius 1 is 1.53 bits per heavy atom. The minimum Gasteiger partial charge on any atom is -0.480 e. The van der Waals surface area contributed by atoms with Gasteiger partial charge >= 0.3 is 11.9 Å². The molecule has 0 aromatic heterocycles. The molecule has 1 aromatic rings. The first kappa shape index (κ1) is 14.6. The molecule has 0 amide bonds. The van der Waals surface area contributed by atoms with Gasteiger partial charge in [0.15, 0.2) is 5.92 Å². The number of aliphatic carboxylic acids is 1. The highest BCUT2D eigenvalue weighted by atomic mass is 19.1. The molecule has 0 aliphatic heterocycles. The summed E-state index contributed by atoms with van der Waals surface area (Å²) >= 11 is 0. The van der Waals surface area contributed by atoms with Crippen LogP contribution in [0.4, 0.5) is 10.1 Å². The number of nitro benzene ring substituents is 1. The third-order valence-electron chi connectivity index (χ3n) is 2.27. The van der Waals surface area contributed by atoms with Crippen LogP contribution >= 0.6 is 0 Å². The molecule has 1 atom stereocenters. The van der Waals surface area contributed by atoms with Crippen molar-refractivity contribution in [3.8, 4) is 0 Å². The fourth-order valence-corrected chi connectivity index (χ4v) is 1.51. The second kappa shape index (κ2) is 5.89. The molecule has 0 aliphatic carbocycles. The molecule has 1 N–H and O–H groups in total. The van der Waals surface area contributed by atoms with Gasteiger partial charge in [-0.3, -0.25) is 19.7 Å². The number of carbonyl (C=O) groups is 2. The Labute approximate surface area is 106 Å². The predicted octanol–water partition coefficient (Wildman–Crippen LogP) is 1.47. The topological polar surface area (TPSA) is 107 Å². The van der Waals surface area contributed by atoms with Gasteiger partial charge in [0.25, 0.3) is 5.69 Å². The highest BCUT2D eigenvalue weighted by molar-refractivity contribution is 6.00. The van der Waals surface area contributed by atoms with Gasteiger partial charge in [-0.25, -0.2) is 4.39 Å². The Morgan fingerprint density at radius 3 is 2.63 bits per heavy atom. The number of esters is 1. The van der Waals surface area contributed by atoms with Crippen molar-refractivity contribution in [1.29, 1.82) is 0 Å². The average Bonchev–Trinajstić information content (AvgIpc) is 2.31. The van der Waals surface area contributed by atoms with Crippen molar-refractivity contribution in [1.82, 2.24) is 0 Å². The molecule has 8 heteroatoms. The highest BCUT2D eigenvalue weighted by Crippen LogP contribution is 2.28. The maximum absolute atomic E-state index is 13.0. The van der Waals surface area contributed by atoms with Crippen molar-refractivity contribution >= 4 is 17.6 Å². The maximum Gasteiger partial charge on any atom is 0.325 e. The second-order valence-corrected chi connectivity index (χ2v) is 3.48. The zero-order valence-corrected chi connectivity index (χ0v) is 9.83. The zero-order valence-electron chi connectivity index (χ0n) is 9.83. The number of benzene rings is 1. The summed E-state index contributed by atoms with van der Waals surface area (Å²) in [5.41, 5.74) is -1.20. The predicted molar refractivity (Wildman–Crippen MR) is 60.1 cm³/mol. The normalized spacial score (nSPS) is 11.7. The molecule has 0 saturated heterocycles. The lowest BCUT2D eigenvalue weighted by Crippen LogP contribution is -2.24. The quantitative estimate of drug-likeness (QED) is 0.376. The van der Waals surface area contributed by atoms with Crippen LogP contribution in [0.2, 0.25) is 0 Å². The van der Waals surface area contributed by atoms with Gasteiger partial charge < -0.3 is 9.84 Å². The van der Waals surface area contributed by atoms with E-state index in [4.69, 9.17) is 5.11 Å². The minimum atomic E-state index is -1.86. The molecule has 0 fully saturated rings. The van der Waals surface area contributed by atoms with E-state index in [2.05, 4.69) is 4.74 Å². The molecular weight excluding hydrogens is 261 g/mol. The lowest BCUT2D eigenvalue weighted by Gasteiger charge is -2.11. The Kier molecular flexibility index (Phi) is 4.51. The molecule has 7 nitrogen and oxygen atoms in total. The van der Waals surface area contributed by atoms with Gasteiger partial charge in [-0.1, -0.05) is 0 Å². The zero-order chi connectivity index (χ0) is 14.6. The van der Waals surface area contributed by atoms with Crippen LogP contribution < -0.4 is 0 Å². The van der Waals surface area contributed by atoms with Gasteiger partial charge in [0.05, 0.1) is 23.2 Å². The average molecular weight is 271 g/mol. The van der Waals surface area contributed by atoms with Gasteiger partial charge in [-0.15, -0.1) is 0 Å². The number of hydrogen-bond donors (Lipinski definition) is 1. The number of nitro groups is 1. The summed E-state index contributed by atoms with van der Waals surface area (Å²) in [5, 5.41) is 19.8. The number of carbonyl (C=O) groups excluding carboxylic acids is 1. The van der Waals surface area contributed by atoms with Gasteiger partial charge in [0.1, 0.15) is 5.82 Å². The SMILES string of the molecule is CCOC(=O)C(C(=O)O)c1ccc(F)cc1[N+](=O)[O-]. The largest absolute Gasteiger partial charge is 0.480 e. The molecule has 0 spiro atoms. The van der Waals surface area contributed by atoms with E-state index in [0.29, 0.717) is 6.07 Å². The van der Waals surface area contributed by atoms with E-state index in [-0.39, 0.29) is 6.61 Å². The van der Waals surface area contributed by atoms with E-state index in [1.165, 1.54) is 6.92 Å². The molecule has 0 radical (unpaired) electrons. The van der Waals surface area contributed by atoms with Crippen molar-refractivity contribution in [2.75, 3.05) is 6.61 Å². The first-order valence-electron chi connectivity index (χ1n) is 5.21. The number of carboxylic acid groups (broad SMARTS) is 1. The smallest absolute Gasteiger partial charge is 0.325 e. The Morgan fingerprint density at radius 2 is 2.16 bits per heavy atom. The van der Waals surface area contributed by atoms with Crippen molar-refractivity contribution in [3.63, 3.8) is 0 Å². The van der Waals surface area contributed by atoms with Gasteiger partial charge in [0.2, 0.25) is 0 Å². The summed E-state index contributed by atoms with van der Waals surface area (Å²) in [5.74, 6) is -5.50. The summed E-state index contributed by atoms with van der Waals surface area (Å²) in [6, 6.07) is 2.30. The molecule has 0 heterocycles. The Balaban J connectivity index is 3.34. The monoisotopic (exact) mass is 271 g/mol. The van der Waals surface area contributed by atoms with Crippen molar-refractivity contribution in [3.05, 3.63) is 39.7 Å². The van der Waals surface area contributed by atoms with E-state index in [1.54, 1.807) is 0 Å². The molecule has 1 rings (SSSR count). The maximum atomic E-state index is 13.0. The van der Waals surface area contributed by atoms with E-state index < -0.39 is 39.8 Å². The summed E-state index contributed by atoms with van der Waals surface area (Å²) < 4.78 is 17.5. The second-order valence-electron chi connectivity index (χ2n) is 3.48. The van der Waals surface area contributed by atoms with Crippen LogP contribution in [-0.4, -0.2) is 28.6 Å². The third kappa shape index (κ3) is 3.24. The van der Waals surface area contributed by atoms with Crippen LogP contribution in [0.15, 0.2) is 18.2 Å². The van der Waals surface area contributed by atoms with Gasteiger partial charge in [0, 0.05) is 0 Å². The summed E-state index contributed by atoms with van der Waals surface area (Å²) in [4.78, 5) is 32.4. The third-order valence-corrected chi connectivity index (χ3v) is 2.27. The molecule has 0 saturated carbocycles. The Bertz CT molecular complexity index is 530. The first-order valence-corrected chi connectivity index (χ1v) is 5.21. The summed E-state index contributed by atoms with van der Waals surface area (Å²) in [7, 11) is 0. The number of rotatable bonds is 5. The first-order chi connectivity index (χ1) is 8.88. The van der Waals surface area contributed by atoms with Crippen LogP contribution in [0.5, 0.6) is 0 Å². The molecular formula is C11H10FNO6. The fraction of sp³-hybridized carbons (Fsp3) is 0.273. The van der Waals surface area contributed by atoms with Crippen molar-refractivity contribution in [2.24, 2.45) is 0 Å². The summed E-state index contributed by atoms with van der Waals surface area (Å²) in [6.07, 6.45) is 0. The molecule has 19 heavy (non-hydrogen) atoms. The van der Waals surface area contributed by atoms with Gasteiger partial charge in [-0.05, 0) is 19.1 Å². The van der Waals surface area contributed by atoms with Crippen LogP contribution in [0.1, 0.15) is 18.4 Å². The van der Waals surface area contributed by atoms with Crippen LogP contribution in [-0.2, 0) is 14.3 Å². The number of carboxylic acids is 1.